The maximum Gasteiger partial charge on any atom is 0.223 e. The highest BCUT2D eigenvalue weighted by atomic mass is 32.2. The molecule has 0 aliphatic carbocycles. The number of sulfone groups is 1. The molecule has 0 aromatic carbocycles. The standard InChI is InChI=1S/C17H28N4O3S/c1-14-10-18-20(11-14)8-7-19-5-3-16(4-6-19)21-12-15(9-17(21)22)13-25(2,23)24/h10-11,15-16H,3-9,12-13H2,1-2H3. The molecule has 140 valence electrons. The SMILES string of the molecule is Cc1cnn(CCN2CCC(N3CC(CS(C)(=O)=O)CC3=O)CC2)c1. The van der Waals surface area contributed by atoms with Crippen molar-refractivity contribution in [2.75, 3.05) is 38.2 Å². The first-order chi connectivity index (χ1) is 11.8. The van der Waals surface area contributed by atoms with Crippen LogP contribution in [0.3, 0.4) is 0 Å². The van der Waals surface area contributed by atoms with Crippen LogP contribution in [0.1, 0.15) is 24.8 Å². The van der Waals surface area contributed by atoms with Gasteiger partial charge in [0.25, 0.3) is 0 Å². The van der Waals surface area contributed by atoms with E-state index in [1.807, 2.05) is 22.7 Å². The molecule has 1 aromatic heterocycles. The van der Waals surface area contributed by atoms with Crippen LogP contribution in [-0.2, 0) is 21.2 Å². The molecule has 7 nitrogen and oxygen atoms in total. The van der Waals surface area contributed by atoms with Gasteiger partial charge in [0, 0.05) is 51.1 Å². The number of rotatable bonds is 6. The Balaban J connectivity index is 1.45. The Morgan fingerprint density at radius 2 is 1.96 bits per heavy atom. The van der Waals surface area contributed by atoms with Crippen molar-refractivity contribution in [1.29, 1.82) is 0 Å². The first-order valence-corrected chi connectivity index (χ1v) is 11.0. The lowest BCUT2D eigenvalue weighted by atomic mass is 10.0. The summed E-state index contributed by atoms with van der Waals surface area (Å²) in [5.74, 6) is 0.208. The summed E-state index contributed by atoms with van der Waals surface area (Å²) < 4.78 is 24.9. The molecule has 2 fully saturated rings. The van der Waals surface area contributed by atoms with Gasteiger partial charge in [0.1, 0.15) is 9.84 Å². The molecule has 1 unspecified atom stereocenters. The first-order valence-electron chi connectivity index (χ1n) is 8.99. The zero-order chi connectivity index (χ0) is 18.0. The number of amides is 1. The Morgan fingerprint density at radius 3 is 2.56 bits per heavy atom. The number of likely N-dealkylation sites (tertiary alicyclic amines) is 2. The predicted octanol–water partition coefficient (Wildman–Crippen LogP) is 0.549. The maximum absolute atomic E-state index is 12.3. The molecule has 2 aliphatic rings. The zero-order valence-electron chi connectivity index (χ0n) is 15.1. The van der Waals surface area contributed by atoms with E-state index in [0.717, 1.165) is 39.0 Å². The molecule has 2 aliphatic heterocycles. The second-order valence-corrected chi connectivity index (χ2v) is 9.75. The van der Waals surface area contributed by atoms with Crippen LogP contribution in [0.15, 0.2) is 12.4 Å². The van der Waals surface area contributed by atoms with E-state index in [0.29, 0.717) is 13.0 Å². The van der Waals surface area contributed by atoms with Crippen LogP contribution < -0.4 is 0 Å². The van der Waals surface area contributed by atoms with E-state index in [1.54, 1.807) is 0 Å². The fourth-order valence-corrected chi connectivity index (χ4v) is 5.07. The molecule has 25 heavy (non-hydrogen) atoms. The summed E-state index contributed by atoms with van der Waals surface area (Å²) in [6.45, 7) is 6.45. The van der Waals surface area contributed by atoms with Gasteiger partial charge in [-0.05, 0) is 31.2 Å². The number of hydrogen-bond acceptors (Lipinski definition) is 5. The summed E-state index contributed by atoms with van der Waals surface area (Å²) in [6.07, 6.45) is 7.49. The zero-order valence-corrected chi connectivity index (χ0v) is 15.9. The second-order valence-electron chi connectivity index (χ2n) is 7.56. The van der Waals surface area contributed by atoms with Crippen LogP contribution in [-0.4, -0.2) is 78.1 Å². The Hall–Kier alpha value is -1.41. The van der Waals surface area contributed by atoms with Gasteiger partial charge in [0.05, 0.1) is 18.5 Å². The third kappa shape index (κ3) is 5.04. The Bertz CT molecular complexity index is 707. The molecule has 0 spiro atoms. The van der Waals surface area contributed by atoms with Gasteiger partial charge in [-0.15, -0.1) is 0 Å². The Morgan fingerprint density at radius 1 is 1.24 bits per heavy atom. The lowest BCUT2D eigenvalue weighted by molar-refractivity contribution is -0.130. The van der Waals surface area contributed by atoms with E-state index in [9.17, 15) is 13.2 Å². The van der Waals surface area contributed by atoms with Crippen molar-refractivity contribution >= 4 is 15.7 Å². The van der Waals surface area contributed by atoms with Gasteiger partial charge in [-0.1, -0.05) is 0 Å². The van der Waals surface area contributed by atoms with E-state index < -0.39 is 9.84 Å². The molecular formula is C17H28N4O3S. The number of aryl methyl sites for hydroxylation is 1. The first kappa shape index (κ1) is 18.4. The Labute approximate surface area is 149 Å². The van der Waals surface area contributed by atoms with E-state index in [4.69, 9.17) is 0 Å². The summed E-state index contributed by atoms with van der Waals surface area (Å²) in [7, 11) is -3.02. The van der Waals surface area contributed by atoms with Gasteiger partial charge in [-0.3, -0.25) is 9.48 Å². The molecule has 0 radical (unpaired) electrons. The topological polar surface area (TPSA) is 75.5 Å². The van der Waals surface area contributed by atoms with E-state index in [1.165, 1.54) is 11.8 Å². The van der Waals surface area contributed by atoms with Gasteiger partial charge in [-0.2, -0.15) is 5.10 Å². The maximum atomic E-state index is 12.3. The molecule has 1 amide bonds. The van der Waals surface area contributed by atoms with Crippen LogP contribution >= 0.6 is 0 Å². The number of nitrogens with zero attached hydrogens (tertiary/aromatic N) is 4. The van der Waals surface area contributed by atoms with Crippen molar-refractivity contribution in [3.8, 4) is 0 Å². The highest BCUT2D eigenvalue weighted by Crippen LogP contribution is 2.26. The predicted molar refractivity (Wildman–Crippen MR) is 96.0 cm³/mol. The molecule has 1 atom stereocenters. The Kier molecular flexibility index (Phi) is 5.48. The minimum atomic E-state index is -3.02. The highest BCUT2D eigenvalue weighted by molar-refractivity contribution is 7.90. The summed E-state index contributed by atoms with van der Waals surface area (Å²) in [5.41, 5.74) is 1.18. The van der Waals surface area contributed by atoms with Crippen molar-refractivity contribution in [2.24, 2.45) is 5.92 Å². The van der Waals surface area contributed by atoms with Crippen LogP contribution in [0.25, 0.3) is 0 Å². The second kappa shape index (κ2) is 7.45. The van der Waals surface area contributed by atoms with Crippen LogP contribution in [0.4, 0.5) is 0 Å². The van der Waals surface area contributed by atoms with Crippen LogP contribution in [0, 0.1) is 12.8 Å². The average Bonchev–Trinajstić information content (AvgIpc) is 3.10. The summed E-state index contributed by atoms with van der Waals surface area (Å²) in [4.78, 5) is 16.6. The van der Waals surface area contributed by atoms with E-state index >= 15 is 0 Å². The normalized spacial score (nSPS) is 23.5. The number of carbonyl (C=O) groups is 1. The van der Waals surface area contributed by atoms with Crippen LogP contribution in [0.5, 0.6) is 0 Å². The summed E-state index contributed by atoms with van der Waals surface area (Å²) in [5, 5.41) is 4.31. The largest absolute Gasteiger partial charge is 0.339 e. The summed E-state index contributed by atoms with van der Waals surface area (Å²) in [6, 6.07) is 0.264. The van der Waals surface area contributed by atoms with Crippen molar-refractivity contribution in [3.05, 3.63) is 18.0 Å². The lowest BCUT2D eigenvalue weighted by Crippen LogP contribution is -2.46. The molecule has 8 heteroatoms. The minimum absolute atomic E-state index is 0.0383. The molecule has 2 saturated heterocycles. The molecule has 0 bridgehead atoms. The number of aromatic nitrogens is 2. The van der Waals surface area contributed by atoms with Crippen molar-refractivity contribution < 1.29 is 13.2 Å². The fourth-order valence-electron chi connectivity index (χ4n) is 3.99. The van der Waals surface area contributed by atoms with Crippen LogP contribution in [0.2, 0.25) is 0 Å². The van der Waals surface area contributed by atoms with Crippen molar-refractivity contribution in [2.45, 2.75) is 38.8 Å². The number of piperidine rings is 1. The quantitative estimate of drug-likeness (QED) is 0.733. The van der Waals surface area contributed by atoms with Gasteiger partial charge in [-0.25, -0.2) is 8.42 Å². The minimum Gasteiger partial charge on any atom is -0.339 e. The van der Waals surface area contributed by atoms with Gasteiger partial charge in [0.2, 0.25) is 5.91 Å². The van der Waals surface area contributed by atoms with Crippen molar-refractivity contribution in [3.63, 3.8) is 0 Å². The average molecular weight is 369 g/mol. The third-order valence-corrected chi connectivity index (χ3v) is 6.26. The van der Waals surface area contributed by atoms with Gasteiger partial charge < -0.3 is 9.80 Å². The molecule has 0 N–H and O–H groups in total. The smallest absolute Gasteiger partial charge is 0.223 e. The molecule has 3 rings (SSSR count). The molecule has 1 aromatic rings. The molecule has 0 saturated carbocycles. The number of hydrogen-bond donors (Lipinski definition) is 0. The lowest BCUT2D eigenvalue weighted by Gasteiger charge is -2.36. The third-order valence-electron chi connectivity index (χ3n) is 5.18. The molecule has 3 heterocycles. The number of carbonyl (C=O) groups excluding carboxylic acids is 1. The van der Waals surface area contributed by atoms with Gasteiger partial charge in [0.15, 0.2) is 0 Å². The van der Waals surface area contributed by atoms with Gasteiger partial charge >= 0.3 is 0 Å². The molecular weight excluding hydrogens is 340 g/mol. The monoisotopic (exact) mass is 368 g/mol. The highest BCUT2D eigenvalue weighted by Gasteiger charge is 2.36. The fraction of sp³-hybridized carbons (Fsp3) is 0.765. The van der Waals surface area contributed by atoms with Crippen molar-refractivity contribution in [1.82, 2.24) is 19.6 Å². The van der Waals surface area contributed by atoms with E-state index in [2.05, 4.69) is 16.2 Å². The summed E-state index contributed by atoms with van der Waals surface area (Å²) >= 11 is 0. The van der Waals surface area contributed by atoms with E-state index in [-0.39, 0.29) is 23.6 Å².